The summed E-state index contributed by atoms with van der Waals surface area (Å²) < 4.78 is 23.3. The lowest BCUT2D eigenvalue weighted by Crippen LogP contribution is -2.59. The van der Waals surface area contributed by atoms with Gasteiger partial charge in [-0.25, -0.2) is 14.6 Å². The van der Waals surface area contributed by atoms with Crippen LogP contribution in [0.25, 0.3) is 11.3 Å². The van der Waals surface area contributed by atoms with Crippen molar-refractivity contribution in [2.24, 2.45) is 23.2 Å². The van der Waals surface area contributed by atoms with Crippen molar-refractivity contribution in [3.8, 4) is 11.3 Å². The maximum Gasteiger partial charge on any atom is 0.408 e. The molecule has 4 N–H and O–H groups in total. The summed E-state index contributed by atoms with van der Waals surface area (Å²) in [5.74, 6) is -0.1000. The van der Waals surface area contributed by atoms with Gasteiger partial charge in [-0.05, 0) is 54.4 Å². The number of hydrazine groups is 1. The zero-order valence-electron chi connectivity index (χ0n) is 33.1. The van der Waals surface area contributed by atoms with Gasteiger partial charge in [0.15, 0.2) is 6.29 Å². The van der Waals surface area contributed by atoms with Crippen molar-refractivity contribution in [3.63, 3.8) is 0 Å². The van der Waals surface area contributed by atoms with Crippen LogP contribution in [0.15, 0.2) is 79.0 Å². The second-order valence-electron chi connectivity index (χ2n) is 16.3. The van der Waals surface area contributed by atoms with Crippen molar-refractivity contribution in [2.45, 2.75) is 104 Å². The number of aliphatic hydroxyl groups is 1. The fourth-order valence-electron chi connectivity index (χ4n) is 8.00. The van der Waals surface area contributed by atoms with Gasteiger partial charge in [-0.2, -0.15) is 0 Å². The van der Waals surface area contributed by atoms with Crippen LogP contribution in [-0.2, 0) is 36.7 Å². The molecule has 3 amide bonds. The number of hydrogen-bond acceptors (Lipinski definition) is 10. The molecule has 0 radical (unpaired) electrons. The number of aliphatic hydroxyl groups excluding tert-OH is 1. The molecule has 0 spiro atoms. The van der Waals surface area contributed by atoms with Crippen LogP contribution >= 0.6 is 0 Å². The Morgan fingerprint density at radius 3 is 2.29 bits per heavy atom. The SMILES string of the molecule is CCC(CC)OC(=O)NC(C(=O)NN(Cc1ccc(-c2ccccn2)cc1)CC(O)C(Cc1ccccc1)NC(=O)OC1C2COC3OCC1C3C2)C(C)(C)C. The van der Waals surface area contributed by atoms with Gasteiger partial charge in [-0.1, -0.05) is 95.3 Å². The van der Waals surface area contributed by atoms with Gasteiger partial charge in [0.25, 0.3) is 5.91 Å². The fraction of sp³-hybridized carbons (Fsp3) is 0.535. The molecule has 2 aliphatic heterocycles. The Morgan fingerprint density at radius 1 is 0.893 bits per heavy atom. The number of alkyl carbamates (subject to hydrolysis) is 2. The zero-order chi connectivity index (χ0) is 39.8. The highest BCUT2D eigenvalue weighted by Gasteiger charge is 2.56. The highest BCUT2D eigenvalue weighted by atomic mass is 16.7. The molecule has 2 saturated heterocycles. The van der Waals surface area contributed by atoms with Gasteiger partial charge >= 0.3 is 12.2 Å². The van der Waals surface area contributed by atoms with Crippen LogP contribution in [0.3, 0.4) is 0 Å². The summed E-state index contributed by atoms with van der Waals surface area (Å²) in [6.07, 6.45) is 0.920. The molecule has 8 unspecified atom stereocenters. The summed E-state index contributed by atoms with van der Waals surface area (Å²) in [6, 6.07) is 21.3. The highest BCUT2D eigenvalue weighted by molar-refractivity contribution is 5.86. The van der Waals surface area contributed by atoms with Gasteiger partial charge in [0.1, 0.15) is 18.2 Å². The number of nitrogens with one attached hydrogen (secondary N) is 3. The fourth-order valence-corrected chi connectivity index (χ4v) is 8.00. The summed E-state index contributed by atoms with van der Waals surface area (Å²) >= 11 is 0. The Labute approximate surface area is 329 Å². The first kappa shape index (κ1) is 41.1. The lowest BCUT2D eigenvalue weighted by Gasteiger charge is -2.35. The topological polar surface area (TPSA) is 161 Å². The molecule has 56 heavy (non-hydrogen) atoms. The number of aromatic nitrogens is 1. The van der Waals surface area contributed by atoms with E-state index in [1.54, 1.807) is 11.2 Å². The molecular formula is C43H57N5O8. The number of benzene rings is 2. The van der Waals surface area contributed by atoms with Crippen LogP contribution in [0.4, 0.5) is 9.59 Å². The maximum absolute atomic E-state index is 14.1. The first-order valence-corrected chi connectivity index (χ1v) is 19.9. The van der Waals surface area contributed by atoms with Crippen LogP contribution in [0.1, 0.15) is 65.0 Å². The summed E-state index contributed by atoms with van der Waals surface area (Å²) in [5.41, 5.74) is 5.81. The second-order valence-corrected chi connectivity index (χ2v) is 16.3. The third kappa shape index (κ3) is 10.4. The highest BCUT2D eigenvalue weighted by Crippen LogP contribution is 2.49. The van der Waals surface area contributed by atoms with Gasteiger partial charge in [0.05, 0.1) is 31.1 Å². The van der Waals surface area contributed by atoms with Gasteiger partial charge in [-0.3, -0.25) is 15.2 Å². The molecule has 8 atom stereocenters. The third-order valence-electron chi connectivity index (χ3n) is 11.1. The van der Waals surface area contributed by atoms with E-state index in [0.717, 1.165) is 28.8 Å². The van der Waals surface area contributed by atoms with E-state index in [0.29, 0.717) is 32.5 Å². The first-order chi connectivity index (χ1) is 26.9. The van der Waals surface area contributed by atoms with E-state index in [-0.39, 0.29) is 49.3 Å². The molecule has 6 rings (SSSR count). The normalized spacial score (nSPS) is 23.0. The Morgan fingerprint density at radius 2 is 1.61 bits per heavy atom. The molecule has 1 saturated carbocycles. The van der Waals surface area contributed by atoms with E-state index in [2.05, 4.69) is 21.0 Å². The Balaban J connectivity index is 1.21. The minimum absolute atomic E-state index is 0.0688. The van der Waals surface area contributed by atoms with E-state index >= 15 is 0 Å². The molecule has 13 heteroatoms. The minimum atomic E-state index is -1.16. The predicted octanol–water partition coefficient (Wildman–Crippen LogP) is 5.62. The van der Waals surface area contributed by atoms with E-state index in [4.69, 9.17) is 18.9 Å². The zero-order valence-corrected chi connectivity index (χ0v) is 33.1. The van der Waals surface area contributed by atoms with Crippen molar-refractivity contribution < 1.29 is 38.4 Å². The maximum atomic E-state index is 14.1. The number of carbonyl (C=O) groups excluding carboxylic acids is 3. The Bertz CT molecular complexity index is 1740. The lowest BCUT2D eigenvalue weighted by molar-refractivity contribution is -0.169. The lowest BCUT2D eigenvalue weighted by atomic mass is 9.86. The number of hydrogen-bond donors (Lipinski definition) is 4. The molecule has 302 valence electrons. The molecule has 13 nitrogen and oxygen atoms in total. The number of nitrogens with zero attached hydrogens (tertiary/aromatic N) is 2. The van der Waals surface area contributed by atoms with Crippen molar-refractivity contribution in [1.82, 2.24) is 26.1 Å². The molecule has 2 bridgehead atoms. The van der Waals surface area contributed by atoms with Crippen molar-refractivity contribution in [2.75, 3.05) is 19.8 Å². The van der Waals surface area contributed by atoms with Gasteiger partial charge in [-0.15, -0.1) is 0 Å². The van der Waals surface area contributed by atoms with Gasteiger partial charge in [0.2, 0.25) is 0 Å². The standard InChI is InChI=1S/C43H57N5O8/c1-6-31(7-2)55-42(52)46-38(43(3,4)5)39(50)47-48(23-28-16-18-29(19-17-28)34-15-11-12-20-44-34)24-36(49)35(21-27-13-9-8-10-14-27)45-41(51)56-37-30-22-32-33(37)26-54-40(32)53-25-30/h8-20,30-33,35-38,40,49H,6-7,21-26H2,1-5H3,(H,45,51)(H,46,52)(H,47,50). The number of carbonyl (C=O) groups is 3. The second kappa shape index (κ2) is 18.6. The van der Waals surface area contributed by atoms with Crippen LogP contribution in [-0.4, -0.2) is 89.6 Å². The molecule has 3 fully saturated rings. The van der Waals surface area contributed by atoms with Crippen molar-refractivity contribution in [3.05, 3.63) is 90.1 Å². The number of pyridine rings is 1. The number of rotatable bonds is 16. The van der Waals surface area contributed by atoms with Crippen LogP contribution in [0, 0.1) is 23.2 Å². The molecule has 1 aromatic heterocycles. The average Bonchev–Trinajstić information content (AvgIpc) is 3.72. The van der Waals surface area contributed by atoms with E-state index < -0.39 is 41.7 Å². The van der Waals surface area contributed by atoms with Crippen molar-refractivity contribution >= 4 is 18.1 Å². The smallest absolute Gasteiger partial charge is 0.408 e. The number of fused-ring (bicyclic) bond motifs is 1. The summed E-state index contributed by atoms with van der Waals surface area (Å²) in [5, 5.41) is 19.4. The third-order valence-corrected chi connectivity index (χ3v) is 11.1. The summed E-state index contributed by atoms with van der Waals surface area (Å²) in [6.45, 7) is 10.5. The monoisotopic (exact) mass is 771 g/mol. The molecule has 3 aliphatic rings. The largest absolute Gasteiger partial charge is 0.446 e. The summed E-state index contributed by atoms with van der Waals surface area (Å²) in [7, 11) is 0. The first-order valence-electron chi connectivity index (χ1n) is 19.9. The molecular weight excluding hydrogens is 715 g/mol. The molecule has 3 heterocycles. The number of amides is 3. The molecule has 3 aromatic rings. The van der Waals surface area contributed by atoms with Crippen molar-refractivity contribution in [1.29, 1.82) is 0 Å². The summed E-state index contributed by atoms with van der Waals surface area (Å²) in [4.78, 5) is 45.2. The molecule has 1 aliphatic carbocycles. The van der Waals surface area contributed by atoms with E-state index in [1.807, 2.05) is 107 Å². The Hall–Kier alpha value is -4.56. The minimum Gasteiger partial charge on any atom is -0.446 e. The van der Waals surface area contributed by atoms with Crippen LogP contribution in [0.5, 0.6) is 0 Å². The Kier molecular flexibility index (Phi) is 13.6. The number of ether oxygens (including phenoxy) is 4. The van der Waals surface area contributed by atoms with Crippen LogP contribution in [0.2, 0.25) is 0 Å². The van der Waals surface area contributed by atoms with Gasteiger partial charge < -0.3 is 34.7 Å². The van der Waals surface area contributed by atoms with Crippen LogP contribution < -0.4 is 16.1 Å². The van der Waals surface area contributed by atoms with Gasteiger partial charge in [0, 0.05) is 42.6 Å². The van der Waals surface area contributed by atoms with E-state index in [9.17, 15) is 19.5 Å². The molecule has 2 aromatic carbocycles. The average molecular weight is 772 g/mol. The predicted molar refractivity (Wildman–Crippen MR) is 210 cm³/mol. The quantitative estimate of drug-likeness (QED) is 0.135. The van der Waals surface area contributed by atoms with E-state index in [1.165, 1.54) is 0 Å².